The van der Waals surface area contributed by atoms with Gasteiger partial charge in [-0.1, -0.05) is 0 Å². The van der Waals surface area contributed by atoms with Crippen molar-refractivity contribution in [2.75, 3.05) is 13.1 Å². The highest BCUT2D eigenvalue weighted by Crippen LogP contribution is 2.43. The summed E-state index contributed by atoms with van der Waals surface area (Å²) in [6.45, 7) is 3.12. The monoisotopic (exact) mass is 378 g/mol. The van der Waals surface area contributed by atoms with Crippen molar-refractivity contribution < 1.29 is 4.79 Å². The van der Waals surface area contributed by atoms with Crippen LogP contribution in [0.2, 0.25) is 0 Å². The van der Waals surface area contributed by atoms with Crippen molar-refractivity contribution in [3.05, 3.63) is 51.5 Å². The van der Waals surface area contributed by atoms with Crippen LogP contribution in [0.1, 0.15) is 46.7 Å². The summed E-state index contributed by atoms with van der Waals surface area (Å²) in [5.41, 5.74) is 3.62. The number of carbonyl (C=O) groups is 1. The number of rotatable bonds is 1. The van der Waals surface area contributed by atoms with E-state index < -0.39 is 0 Å². The molecule has 3 aromatic heterocycles. The number of pyridine rings is 1. The second-order valence-electron chi connectivity index (χ2n) is 7.99. The van der Waals surface area contributed by atoms with Gasteiger partial charge in [-0.15, -0.1) is 0 Å². The molecule has 144 valence electrons. The molecule has 8 heteroatoms. The number of nitrogens with zero attached hydrogens (tertiary/aromatic N) is 5. The van der Waals surface area contributed by atoms with Crippen molar-refractivity contribution >= 4 is 16.9 Å². The lowest BCUT2D eigenvalue weighted by Crippen LogP contribution is -2.48. The van der Waals surface area contributed by atoms with Gasteiger partial charge in [-0.3, -0.25) is 19.3 Å². The molecule has 1 spiro atoms. The lowest BCUT2D eigenvalue weighted by atomic mass is 9.77. The molecule has 1 amide bonds. The molecule has 1 unspecified atom stereocenters. The Labute approximate surface area is 161 Å². The van der Waals surface area contributed by atoms with E-state index in [-0.39, 0.29) is 16.9 Å². The summed E-state index contributed by atoms with van der Waals surface area (Å²) in [6.07, 6.45) is 6.77. The molecule has 0 saturated carbocycles. The molecule has 8 nitrogen and oxygen atoms in total. The first-order chi connectivity index (χ1) is 13.5. The number of H-pyrrole nitrogens is 1. The Morgan fingerprint density at radius 1 is 1.29 bits per heavy atom. The Morgan fingerprint density at radius 3 is 3.00 bits per heavy atom. The van der Waals surface area contributed by atoms with Crippen molar-refractivity contribution in [3.63, 3.8) is 0 Å². The van der Waals surface area contributed by atoms with Crippen molar-refractivity contribution in [3.8, 4) is 0 Å². The lowest BCUT2D eigenvalue weighted by Gasteiger charge is -2.40. The number of aromatic amines is 1. The normalized spacial score (nSPS) is 21.4. The molecule has 0 bridgehead atoms. The van der Waals surface area contributed by atoms with Gasteiger partial charge in [0.1, 0.15) is 11.3 Å². The highest BCUT2D eigenvalue weighted by Gasteiger charge is 2.45. The fourth-order valence-electron chi connectivity index (χ4n) is 4.79. The highest BCUT2D eigenvalue weighted by atomic mass is 16.2. The highest BCUT2D eigenvalue weighted by molar-refractivity contribution is 5.96. The van der Waals surface area contributed by atoms with Crippen LogP contribution in [0, 0.1) is 6.92 Å². The molecule has 28 heavy (non-hydrogen) atoms. The molecule has 5 rings (SSSR count). The molecule has 0 radical (unpaired) electrons. The largest absolute Gasteiger partial charge is 0.338 e. The maximum atomic E-state index is 13.2. The van der Waals surface area contributed by atoms with Crippen molar-refractivity contribution in [2.45, 2.75) is 38.0 Å². The number of aryl methyl sites for hydroxylation is 2. The quantitative estimate of drug-likeness (QED) is 0.692. The summed E-state index contributed by atoms with van der Waals surface area (Å²) in [7, 11) is 1.84. The number of likely N-dealkylation sites (tertiary alicyclic amines) is 1. The molecule has 1 aliphatic carbocycles. The van der Waals surface area contributed by atoms with Gasteiger partial charge in [-0.25, -0.2) is 4.98 Å². The van der Waals surface area contributed by atoms with E-state index in [0.717, 1.165) is 48.0 Å². The van der Waals surface area contributed by atoms with E-state index in [1.165, 1.54) is 0 Å². The summed E-state index contributed by atoms with van der Waals surface area (Å²) in [4.78, 5) is 39.3. The van der Waals surface area contributed by atoms with Crippen LogP contribution in [0.3, 0.4) is 0 Å². The second kappa shape index (κ2) is 5.98. The Kier molecular flexibility index (Phi) is 3.65. The van der Waals surface area contributed by atoms with Gasteiger partial charge in [0.25, 0.3) is 11.5 Å². The summed E-state index contributed by atoms with van der Waals surface area (Å²) in [6, 6.07) is 1.86. The van der Waals surface area contributed by atoms with E-state index in [9.17, 15) is 9.59 Å². The Balaban J connectivity index is 1.49. The van der Waals surface area contributed by atoms with Gasteiger partial charge in [0, 0.05) is 37.3 Å². The first kappa shape index (κ1) is 17.1. The van der Waals surface area contributed by atoms with Gasteiger partial charge in [0.05, 0.1) is 23.0 Å². The zero-order chi connectivity index (χ0) is 19.5. The maximum Gasteiger partial charge on any atom is 0.255 e. The average molecular weight is 378 g/mol. The van der Waals surface area contributed by atoms with Crippen molar-refractivity contribution in [2.24, 2.45) is 7.05 Å². The Hall–Kier alpha value is -3.03. The van der Waals surface area contributed by atoms with E-state index in [1.807, 2.05) is 24.9 Å². The molecular weight excluding hydrogens is 356 g/mol. The van der Waals surface area contributed by atoms with E-state index in [1.54, 1.807) is 17.1 Å². The van der Waals surface area contributed by atoms with Crippen molar-refractivity contribution in [1.29, 1.82) is 0 Å². The minimum absolute atomic E-state index is 0.0234. The van der Waals surface area contributed by atoms with Gasteiger partial charge in [-0.05, 0) is 38.7 Å². The topological polar surface area (TPSA) is 96.8 Å². The molecule has 1 saturated heterocycles. The van der Waals surface area contributed by atoms with Gasteiger partial charge < -0.3 is 9.88 Å². The minimum atomic E-state index is -0.216. The van der Waals surface area contributed by atoms with Crippen LogP contribution in [-0.2, 0) is 18.9 Å². The third kappa shape index (κ3) is 2.47. The molecule has 1 aliphatic heterocycles. The zero-order valence-electron chi connectivity index (χ0n) is 16.0. The molecule has 4 heterocycles. The lowest BCUT2D eigenvalue weighted by molar-refractivity contribution is 0.0633. The number of hydrogen-bond acceptors (Lipinski definition) is 5. The number of hydrogen-bond donors (Lipinski definition) is 1. The number of carbonyl (C=O) groups excluding carboxylic acids is 1. The zero-order valence-corrected chi connectivity index (χ0v) is 16.0. The van der Waals surface area contributed by atoms with Crippen LogP contribution in [0.25, 0.3) is 11.0 Å². The average Bonchev–Trinajstić information content (AvgIpc) is 3.22. The van der Waals surface area contributed by atoms with Gasteiger partial charge in [0.2, 0.25) is 0 Å². The molecule has 1 atom stereocenters. The number of fused-ring (bicyclic) bond motifs is 3. The number of amides is 1. The SMILES string of the molecule is Cc1nc2c(c(=O)[nH]1)CCC21CCCN(C(=O)c2cnc3cnn(C)c3c2)C1. The fraction of sp³-hybridized carbons (Fsp3) is 0.450. The summed E-state index contributed by atoms with van der Waals surface area (Å²) < 4.78 is 1.73. The molecule has 1 fully saturated rings. The predicted octanol–water partition coefficient (Wildman–Crippen LogP) is 1.48. The molecule has 1 N–H and O–H groups in total. The van der Waals surface area contributed by atoms with Crippen LogP contribution >= 0.6 is 0 Å². The van der Waals surface area contributed by atoms with Crippen LogP contribution in [0.15, 0.2) is 23.3 Å². The summed E-state index contributed by atoms with van der Waals surface area (Å²) >= 11 is 0. The van der Waals surface area contributed by atoms with Crippen LogP contribution in [0.4, 0.5) is 0 Å². The van der Waals surface area contributed by atoms with Crippen molar-refractivity contribution in [1.82, 2.24) is 29.6 Å². The Bertz CT molecular complexity index is 1160. The van der Waals surface area contributed by atoms with E-state index in [2.05, 4.69) is 20.1 Å². The van der Waals surface area contributed by atoms with Crippen LogP contribution in [-0.4, -0.2) is 48.6 Å². The number of piperidine rings is 1. The maximum absolute atomic E-state index is 13.2. The molecule has 2 aliphatic rings. The second-order valence-corrected chi connectivity index (χ2v) is 7.99. The van der Waals surface area contributed by atoms with Crippen LogP contribution in [0.5, 0.6) is 0 Å². The number of aromatic nitrogens is 5. The summed E-state index contributed by atoms with van der Waals surface area (Å²) in [5.74, 6) is 0.615. The third-order valence-electron chi connectivity index (χ3n) is 6.20. The van der Waals surface area contributed by atoms with E-state index in [0.29, 0.717) is 24.5 Å². The summed E-state index contributed by atoms with van der Waals surface area (Å²) in [5, 5.41) is 4.20. The van der Waals surface area contributed by atoms with Gasteiger partial charge in [-0.2, -0.15) is 5.10 Å². The predicted molar refractivity (Wildman–Crippen MR) is 103 cm³/mol. The van der Waals surface area contributed by atoms with Crippen LogP contribution < -0.4 is 5.56 Å². The van der Waals surface area contributed by atoms with E-state index >= 15 is 0 Å². The molecule has 0 aromatic carbocycles. The first-order valence-electron chi connectivity index (χ1n) is 9.64. The molecular formula is C20H22N6O2. The van der Waals surface area contributed by atoms with Gasteiger partial charge >= 0.3 is 0 Å². The van der Waals surface area contributed by atoms with Gasteiger partial charge in [0.15, 0.2) is 0 Å². The third-order valence-corrected chi connectivity index (χ3v) is 6.20. The molecule has 3 aromatic rings. The smallest absolute Gasteiger partial charge is 0.255 e. The Morgan fingerprint density at radius 2 is 2.14 bits per heavy atom. The fourth-order valence-corrected chi connectivity index (χ4v) is 4.79. The standard InChI is InChI=1S/C20H22N6O2/c1-12-23-17-14(18(27)24-12)4-6-20(17)5-3-7-26(11-20)19(28)13-8-16-15(21-9-13)10-22-25(16)2/h8-10H,3-7,11H2,1-2H3,(H,23,24,27). The number of nitrogens with one attached hydrogen (secondary N) is 1. The minimum Gasteiger partial charge on any atom is -0.338 e. The van der Waals surface area contributed by atoms with E-state index in [4.69, 9.17) is 0 Å². The first-order valence-corrected chi connectivity index (χ1v) is 9.64.